The van der Waals surface area contributed by atoms with E-state index in [4.69, 9.17) is 18.9 Å². The molecular weight excluding hydrogens is 863 g/mol. The molecule has 4 fully saturated rings. The van der Waals surface area contributed by atoms with Gasteiger partial charge in [-0.2, -0.15) is 0 Å². The molecule has 0 amide bonds. The number of hydrogen-bond donors (Lipinski definition) is 1. The van der Waals surface area contributed by atoms with Crippen LogP contribution in [0.4, 0.5) is 0 Å². The van der Waals surface area contributed by atoms with Crippen LogP contribution in [0.25, 0.3) is 0 Å². The summed E-state index contributed by atoms with van der Waals surface area (Å²) in [5.74, 6) is 8.91. The first-order valence-corrected chi connectivity index (χ1v) is 32.0. The summed E-state index contributed by atoms with van der Waals surface area (Å²) in [7, 11) is 4.28. The number of rotatable bonds is 53. The molecule has 6 nitrogen and oxygen atoms in total. The van der Waals surface area contributed by atoms with Gasteiger partial charge in [0.15, 0.2) is 0 Å². The summed E-state index contributed by atoms with van der Waals surface area (Å²) in [4.78, 5) is 2.25. The van der Waals surface area contributed by atoms with Gasteiger partial charge in [0.2, 0.25) is 0 Å². The molecule has 70 heavy (non-hydrogen) atoms. The average molecular weight is 989 g/mol. The van der Waals surface area contributed by atoms with Crippen LogP contribution in [0.2, 0.25) is 0 Å². The first-order valence-electron chi connectivity index (χ1n) is 32.0. The van der Waals surface area contributed by atoms with Crippen LogP contribution in [0.1, 0.15) is 285 Å². The molecule has 1 N–H and O–H groups in total. The quantitative estimate of drug-likeness (QED) is 0.0613. The molecule has 0 heterocycles. The highest BCUT2D eigenvalue weighted by Gasteiger charge is 2.45. The monoisotopic (exact) mass is 988 g/mol. The minimum atomic E-state index is -0.474. The fourth-order valence-electron chi connectivity index (χ4n) is 11.8. The molecule has 10 atom stereocenters. The maximum atomic E-state index is 9.95. The van der Waals surface area contributed by atoms with Crippen molar-refractivity contribution < 1.29 is 24.1 Å². The average Bonchev–Trinajstić information content (AvgIpc) is 4.19. The first kappa shape index (κ1) is 64.0. The van der Waals surface area contributed by atoms with Gasteiger partial charge >= 0.3 is 0 Å². The third-order valence-corrected chi connectivity index (χ3v) is 17.3. The van der Waals surface area contributed by atoms with E-state index in [1.165, 1.54) is 205 Å². The topological polar surface area (TPSA) is 60.4 Å². The first-order chi connectivity index (χ1) is 34.4. The second kappa shape index (κ2) is 43.9. The largest absolute Gasteiger partial charge is 0.388 e. The Balaban J connectivity index is 0.000000371. The van der Waals surface area contributed by atoms with E-state index >= 15 is 0 Å². The number of unbranched alkanes of at least 4 members (excludes halogenated alkanes) is 24. The molecule has 6 heteroatoms. The van der Waals surface area contributed by atoms with E-state index in [1.54, 1.807) is 38.5 Å². The molecule has 0 radical (unpaired) electrons. The van der Waals surface area contributed by atoms with Crippen LogP contribution >= 0.6 is 0 Å². The molecule has 9 unspecified atom stereocenters. The zero-order valence-corrected chi connectivity index (χ0v) is 48.2. The van der Waals surface area contributed by atoms with Gasteiger partial charge in [0.05, 0.1) is 32.5 Å². The second-order valence-electron chi connectivity index (χ2n) is 24.4. The SMILES string of the molecule is CCCCCCCCOCC(O)COCCCCCCCCC1CC1CC1CC1CCCCC.CCCCCCCCOC[C@H](COCCCCCCCCC1CC1CC1CC1CCCCC)N(C)C. The molecular formula is C64H125NO5. The summed E-state index contributed by atoms with van der Waals surface area (Å²) < 4.78 is 23.2. The van der Waals surface area contributed by atoms with Gasteiger partial charge in [0.25, 0.3) is 0 Å². The second-order valence-corrected chi connectivity index (χ2v) is 24.4. The minimum absolute atomic E-state index is 0.378. The maximum Gasteiger partial charge on any atom is 0.101 e. The normalized spacial score (nSPS) is 24.2. The number of likely N-dealkylation sites (N-methyl/N-ethyl adjacent to an activating group) is 1. The Morgan fingerprint density at radius 3 is 0.871 bits per heavy atom. The molecule has 4 aliphatic carbocycles. The fraction of sp³-hybridized carbons (Fsp3) is 1.00. The molecule has 0 aromatic heterocycles. The van der Waals surface area contributed by atoms with E-state index in [0.29, 0.717) is 19.3 Å². The highest BCUT2D eigenvalue weighted by atomic mass is 16.5. The molecule has 0 saturated heterocycles. The van der Waals surface area contributed by atoms with Crippen molar-refractivity contribution >= 4 is 0 Å². The molecule has 4 saturated carbocycles. The number of ether oxygens (including phenoxy) is 4. The van der Waals surface area contributed by atoms with Crippen LogP contribution < -0.4 is 0 Å². The molecule has 0 aromatic carbocycles. The Kier molecular flexibility index (Phi) is 40.2. The van der Waals surface area contributed by atoms with Crippen LogP contribution in [0.3, 0.4) is 0 Å². The smallest absolute Gasteiger partial charge is 0.101 e. The van der Waals surface area contributed by atoms with Gasteiger partial charge in [-0.3, -0.25) is 0 Å². The van der Waals surface area contributed by atoms with Crippen LogP contribution in [0, 0.1) is 47.3 Å². The van der Waals surface area contributed by atoms with Gasteiger partial charge in [0.1, 0.15) is 6.10 Å². The Hall–Kier alpha value is -0.240. The lowest BCUT2D eigenvalue weighted by Crippen LogP contribution is -2.37. The van der Waals surface area contributed by atoms with E-state index in [-0.39, 0.29) is 0 Å². The van der Waals surface area contributed by atoms with Gasteiger partial charge < -0.3 is 29.0 Å². The van der Waals surface area contributed by atoms with Gasteiger partial charge in [-0.15, -0.1) is 0 Å². The Bertz CT molecular complexity index is 1120. The van der Waals surface area contributed by atoms with Crippen molar-refractivity contribution in [1.29, 1.82) is 0 Å². The molecule has 4 aliphatic rings. The Morgan fingerprint density at radius 2 is 0.571 bits per heavy atom. The summed E-state index contributed by atoms with van der Waals surface area (Å²) in [6, 6.07) is 0.378. The van der Waals surface area contributed by atoms with Crippen LogP contribution in [-0.4, -0.2) is 89.1 Å². The van der Waals surface area contributed by atoms with Crippen LogP contribution in [0.5, 0.6) is 0 Å². The van der Waals surface area contributed by atoms with E-state index in [1.807, 2.05) is 0 Å². The highest BCUT2D eigenvalue weighted by Crippen LogP contribution is 2.55. The van der Waals surface area contributed by atoms with Crippen molar-refractivity contribution in [2.75, 3.05) is 67.0 Å². The number of aliphatic hydroxyl groups excluding tert-OH is 1. The lowest BCUT2D eigenvalue weighted by Gasteiger charge is -2.24. The predicted molar refractivity (Wildman–Crippen MR) is 302 cm³/mol. The van der Waals surface area contributed by atoms with E-state index in [2.05, 4.69) is 46.7 Å². The van der Waals surface area contributed by atoms with Crippen molar-refractivity contribution in [3.05, 3.63) is 0 Å². The van der Waals surface area contributed by atoms with Gasteiger partial charge in [-0.1, -0.05) is 220 Å². The van der Waals surface area contributed by atoms with Crippen molar-refractivity contribution in [2.24, 2.45) is 47.3 Å². The summed E-state index contributed by atoms with van der Waals surface area (Å²) in [6.07, 6.45) is 55.5. The van der Waals surface area contributed by atoms with Crippen LogP contribution in [-0.2, 0) is 18.9 Å². The fourth-order valence-corrected chi connectivity index (χ4v) is 11.8. The third-order valence-electron chi connectivity index (χ3n) is 17.3. The van der Waals surface area contributed by atoms with Crippen molar-refractivity contribution in [1.82, 2.24) is 4.90 Å². The zero-order valence-electron chi connectivity index (χ0n) is 48.2. The zero-order chi connectivity index (χ0) is 50.1. The van der Waals surface area contributed by atoms with Crippen LogP contribution in [0.15, 0.2) is 0 Å². The minimum Gasteiger partial charge on any atom is -0.388 e. The highest BCUT2D eigenvalue weighted by molar-refractivity contribution is 4.96. The van der Waals surface area contributed by atoms with E-state index in [9.17, 15) is 5.11 Å². The van der Waals surface area contributed by atoms with E-state index < -0.39 is 6.10 Å². The standard InChI is InChI=1S/C33H65NO2.C31H60O3/c1-5-7-9-10-14-18-22-35-27-33(34(3)4)28-36-23-19-15-12-11-13-17-21-30-25-32(30)26-31-24-29(31)20-16-8-6-2;1-3-5-7-8-12-16-20-33-25-31(32)26-34-21-17-13-10-9-11-15-19-28-23-30(28)24-29-22-27(29)18-14-6-4-2/h29-33H,5-28H2,1-4H3;27-32H,3-26H2,1-2H3/t29?,30?,31?,32?,33-;/m1./s1. The Morgan fingerprint density at radius 1 is 0.329 bits per heavy atom. The maximum absolute atomic E-state index is 9.95. The molecule has 0 spiro atoms. The third kappa shape index (κ3) is 35.9. The number of hydrogen-bond acceptors (Lipinski definition) is 6. The van der Waals surface area contributed by atoms with Crippen molar-refractivity contribution in [2.45, 2.75) is 297 Å². The van der Waals surface area contributed by atoms with Gasteiger partial charge in [-0.25, -0.2) is 0 Å². The summed E-state index contributed by atoms with van der Waals surface area (Å²) in [5.41, 5.74) is 0. The molecule has 0 aromatic rings. The number of nitrogens with zero attached hydrogens (tertiary/aromatic N) is 1. The lowest BCUT2D eigenvalue weighted by molar-refractivity contribution is -0.0201. The summed E-state index contributed by atoms with van der Waals surface area (Å²) in [6.45, 7) is 14.9. The molecule has 0 aliphatic heterocycles. The summed E-state index contributed by atoms with van der Waals surface area (Å²) in [5, 5.41) is 9.95. The van der Waals surface area contributed by atoms with Gasteiger partial charge in [-0.05, 0) is 126 Å². The Labute approximate surface area is 438 Å². The van der Waals surface area contributed by atoms with E-state index in [0.717, 1.165) is 99.8 Å². The lowest BCUT2D eigenvalue weighted by atomic mass is 10.0. The molecule has 416 valence electrons. The van der Waals surface area contributed by atoms with Crippen molar-refractivity contribution in [3.63, 3.8) is 0 Å². The predicted octanol–water partition coefficient (Wildman–Crippen LogP) is 18.0. The van der Waals surface area contributed by atoms with Gasteiger partial charge in [0, 0.05) is 26.4 Å². The molecule has 0 bridgehead atoms. The molecule has 4 rings (SSSR count). The summed E-state index contributed by atoms with van der Waals surface area (Å²) >= 11 is 0. The van der Waals surface area contributed by atoms with Crippen molar-refractivity contribution in [3.8, 4) is 0 Å². The number of aliphatic hydroxyl groups is 1.